The second kappa shape index (κ2) is 8.73. The molecule has 1 aliphatic heterocycles. The van der Waals surface area contributed by atoms with Crippen LogP contribution in [0.25, 0.3) is 5.69 Å². The molecule has 2 atom stereocenters. The monoisotopic (exact) mass is 466 g/mol. The Balaban J connectivity index is 1.74. The lowest BCUT2D eigenvalue weighted by Crippen LogP contribution is -2.30. The Bertz CT molecular complexity index is 1360. The fourth-order valence-electron chi connectivity index (χ4n) is 5.21. The van der Waals surface area contributed by atoms with E-state index in [4.69, 9.17) is 17.2 Å². The minimum Gasteiger partial charge on any atom is -0.351 e. The molecule has 0 radical (unpaired) electrons. The number of anilines is 1. The Morgan fingerprint density at radius 1 is 0.794 bits per heavy atom. The van der Waals surface area contributed by atoms with E-state index in [1.807, 2.05) is 18.3 Å². The molecule has 2 aromatic heterocycles. The van der Waals surface area contributed by atoms with Gasteiger partial charge in [0, 0.05) is 34.5 Å². The van der Waals surface area contributed by atoms with Crippen molar-refractivity contribution >= 4 is 23.0 Å². The first-order chi connectivity index (χ1) is 16.4. The van der Waals surface area contributed by atoms with Gasteiger partial charge in [0.15, 0.2) is 5.11 Å². The molecule has 4 nitrogen and oxygen atoms in total. The highest BCUT2D eigenvalue weighted by molar-refractivity contribution is 7.80. The lowest BCUT2D eigenvalue weighted by atomic mass is 9.93. The van der Waals surface area contributed by atoms with Gasteiger partial charge in [-0.3, -0.25) is 4.98 Å². The van der Waals surface area contributed by atoms with Crippen molar-refractivity contribution < 1.29 is 0 Å². The van der Waals surface area contributed by atoms with Crippen LogP contribution in [-0.2, 0) is 0 Å². The lowest BCUT2D eigenvalue weighted by Gasteiger charge is -2.29. The quantitative estimate of drug-likeness (QED) is 0.344. The van der Waals surface area contributed by atoms with Gasteiger partial charge in [-0.1, -0.05) is 30.3 Å². The fraction of sp³-hybridized carbons (Fsp3) is 0.241. The van der Waals surface area contributed by atoms with Gasteiger partial charge in [-0.2, -0.15) is 0 Å². The number of pyridine rings is 1. The maximum atomic E-state index is 5.95. The highest BCUT2D eigenvalue weighted by Crippen LogP contribution is 2.45. The topological polar surface area (TPSA) is 33.1 Å². The minimum atomic E-state index is -0.0567. The summed E-state index contributed by atoms with van der Waals surface area (Å²) in [6.07, 6.45) is 1.86. The Morgan fingerprint density at radius 2 is 1.53 bits per heavy atom. The minimum absolute atomic E-state index is 0.0202. The molecule has 1 saturated heterocycles. The van der Waals surface area contributed by atoms with Gasteiger partial charge in [0.25, 0.3) is 0 Å². The van der Waals surface area contributed by atoms with Crippen LogP contribution >= 0.6 is 12.2 Å². The third-order valence-corrected chi connectivity index (χ3v) is 7.50. The molecule has 5 rings (SSSR count). The Morgan fingerprint density at radius 3 is 2.21 bits per heavy atom. The van der Waals surface area contributed by atoms with E-state index < -0.39 is 0 Å². The van der Waals surface area contributed by atoms with E-state index >= 15 is 0 Å². The lowest BCUT2D eigenvalue weighted by molar-refractivity contribution is 0.563. The summed E-state index contributed by atoms with van der Waals surface area (Å²) in [7, 11) is 0. The van der Waals surface area contributed by atoms with E-state index in [1.165, 1.54) is 39.3 Å². The van der Waals surface area contributed by atoms with Gasteiger partial charge in [0.2, 0.25) is 0 Å². The first-order valence-electron chi connectivity index (χ1n) is 11.7. The summed E-state index contributed by atoms with van der Waals surface area (Å²) in [5.41, 5.74) is 10.9. The molecule has 1 fully saturated rings. The number of thiocarbonyl (C=S) groups is 1. The van der Waals surface area contributed by atoms with Gasteiger partial charge in [-0.05, 0) is 99.9 Å². The van der Waals surface area contributed by atoms with Crippen molar-refractivity contribution in [2.45, 2.75) is 46.7 Å². The summed E-state index contributed by atoms with van der Waals surface area (Å²) in [6.45, 7) is 11.0. The summed E-state index contributed by atoms with van der Waals surface area (Å²) < 4.78 is 2.36. The van der Waals surface area contributed by atoms with E-state index in [0.717, 1.165) is 16.5 Å². The zero-order valence-electron chi connectivity index (χ0n) is 20.3. The van der Waals surface area contributed by atoms with Crippen LogP contribution in [0.4, 0.5) is 5.69 Å². The van der Waals surface area contributed by atoms with Gasteiger partial charge in [-0.15, -0.1) is 0 Å². The second-order valence-corrected chi connectivity index (χ2v) is 9.53. The maximum Gasteiger partial charge on any atom is 0.174 e. The molecular weight excluding hydrogens is 436 g/mol. The zero-order valence-corrected chi connectivity index (χ0v) is 21.1. The summed E-state index contributed by atoms with van der Waals surface area (Å²) in [6, 6.07) is 23.2. The Kier molecular flexibility index (Phi) is 5.74. The predicted molar refractivity (Wildman–Crippen MR) is 144 cm³/mol. The number of aromatic nitrogens is 2. The van der Waals surface area contributed by atoms with Crippen LogP contribution in [0.3, 0.4) is 0 Å². The van der Waals surface area contributed by atoms with E-state index in [9.17, 15) is 0 Å². The second-order valence-electron chi connectivity index (χ2n) is 9.15. The number of aryl methyl sites for hydroxylation is 2. The molecule has 1 aliphatic rings. The van der Waals surface area contributed by atoms with Crippen LogP contribution in [0.5, 0.6) is 0 Å². The average molecular weight is 467 g/mol. The van der Waals surface area contributed by atoms with Gasteiger partial charge >= 0.3 is 0 Å². The van der Waals surface area contributed by atoms with Crippen LogP contribution in [0, 0.1) is 34.6 Å². The van der Waals surface area contributed by atoms with Crippen molar-refractivity contribution in [3.05, 3.63) is 112 Å². The highest BCUT2D eigenvalue weighted by atomic mass is 32.1. The maximum absolute atomic E-state index is 5.95. The number of para-hydroxylation sites is 1. The zero-order chi connectivity index (χ0) is 24.0. The third kappa shape index (κ3) is 3.61. The molecule has 3 heterocycles. The van der Waals surface area contributed by atoms with E-state index in [2.05, 4.69) is 104 Å². The van der Waals surface area contributed by atoms with Crippen molar-refractivity contribution in [3.63, 3.8) is 0 Å². The number of hydrogen-bond donors (Lipinski definition) is 1. The molecule has 2 unspecified atom stereocenters. The SMILES string of the molecule is Cc1ccc(N2C(=S)NC(c3ccccn3)C2c2c(C)c(C)n(-c3ccccc3)c2C)cc1C. The fourth-order valence-corrected chi connectivity index (χ4v) is 5.55. The molecule has 5 heteroatoms. The molecule has 0 amide bonds. The third-order valence-electron chi connectivity index (χ3n) is 7.18. The van der Waals surface area contributed by atoms with Crippen molar-refractivity contribution in [2.24, 2.45) is 0 Å². The number of hydrogen-bond acceptors (Lipinski definition) is 2. The van der Waals surface area contributed by atoms with Crippen LogP contribution in [0.1, 0.15) is 51.4 Å². The van der Waals surface area contributed by atoms with Gasteiger partial charge in [0.05, 0.1) is 17.8 Å². The Labute approximate surface area is 207 Å². The molecular formula is C29H30N4S. The molecule has 2 aromatic carbocycles. The summed E-state index contributed by atoms with van der Waals surface area (Å²) in [4.78, 5) is 7.00. The van der Waals surface area contributed by atoms with Crippen LogP contribution < -0.4 is 10.2 Å². The standard InChI is InChI=1S/C29H30N4S/c1-18-14-15-24(17-19(18)2)33-28(27(31-29(33)34)25-13-9-10-16-30-25)26-20(3)21(4)32(22(26)5)23-11-7-6-8-12-23/h6-17,27-28H,1-5H3,(H,31,34). The summed E-state index contributed by atoms with van der Waals surface area (Å²) >= 11 is 5.95. The van der Waals surface area contributed by atoms with Crippen molar-refractivity contribution in [3.8, 4) is 5.69 Å². The van der Waals surface area contributed by atoms with Crippen molar-refractivity contribution in [1.82, 2.24) is 14.9 Å². The number of nitrogens with zero attached hydrogens (tertiary/aromatic N) is 3. The Hall–Kier alpha value is -3.44. The molecule has 172 valence electrons. The molecule has 0 aliphatic carbocycles. The largest absolute Gasteiger partial charge is 0.351 e. The molecule has 1 N–H and O–H groups in total. The molecule has 0 bridgehead atoms. The molecule has 0 spiro atoms. The average Bonchev–Trinajstić information content (AvgIpc) is 3.29. The van der Waals surface area contributed by atoms with E-state index in [0.29, 0.717) is 0 Å². The highest BCUT2D eigenvalue weighted by Gasteiger charge is 2.43. The summed E-state index contributed by atoms with van der Waals surface area (Å²) in [5.74, 6) is 0. The number of rotatable bonds is 4. The van der Waals surface area contributed by atoms with Crippen molar-refractivity contribution in [1.29, 1.82) is 0 Å². The van der Waals surface area contributed by atoms with Gasteiger partial charge in [0.1, 0.15) is 0 Å². The van der Waals surface area contributed by atoms with E-state index in [1.54, 1.807) is 0 Å². The van der Waals surface area contributed by atoms with Gasteiger partial charge in [-0.25, -0.2) is 0 Å². The number of benzene rings is 2. The molecule has 4 aromatic rings. The van der Waals surface area contributed by atoms with Crippen molar-refractivity contribution in [2.75, 3.05) is 4.90 Å². The van der Waals surface area contributed by atoms with Crippen LogP contribution in [-0.4, -0.2) is 14.7 Å². The first kappa shape index (κ1) is 22.4. The summed E-state index contributed by atoms with van der Waals surface area (Å²) in [5, 5.41) is 4.34. The first-order valence-corrected chi connectivity index (χ1v) is 12.1. The van der Waals surface area contributed by atoms with Gasteiger partial charge < -0.3 is 14.8 Å². The molecule has 0 saturated carbocycles. The van der Waals surface area contributed by atoms with E-state index in [-0.39, 0.29) is 12.1 Å². The number of nitrogens with one attached hydrogen (secondary N) is 1. The predicted octanol–water partition coefficient (Wildman–Crippen LogP) is 6.59. The normalized spacial score (nSPS) is 17.8. The van der Waals surface area contributed by atoms with Crippen LogP contribution in [0.2, 0.25) is 0 Å². The smallest absolute Gasteiger partial charge is 0.174 e. The molecule has 34 heavy (non-hydrogen) atoms. The van der Waals surface area contributed by atoms with Crippen LogP contribution in [0.15, 0.2) is 72.9 Å².